The highest BCUT2D eigenvalue weighted by Gasteiger charge is 2.38. The minimum absolute atomic E-state index is 0.0388. The lowest BCUT2D eigenvalue weighted by Gasteiger charge is -2.09. The number of carbonyl (C=O) groups excluding carboxylic acids is 2. The Hall–Kier alpha value is -3.36. The second-order valence-corrected chi connectivity index (χ2v) is 5.37. The van der Waals surface area contributed by atoms with E-state index in [1.165, 1.54) is 18.2 Å². The molecule has 2 amide bonds. The summed E-state index contributed by atoms with van der Waals surface area (Å²) in [4.78, 5) is 22.7. The van der Waals surface area contributed by atoms with Gasteiger partial charge in [-0.25, -0.2) is 5.43 Å². The third kappa shape index (κ3) is 6.46. The highest BCUT2D eigenvalue weighted by molar-refractivity contribution is 6.01. The van der Waals surface area contributed by atoms with Crippen molar-refractivity contribution >= 4 is 23.2 Å². The fraction of sp³-hybridized carbons (Fsp3) is 0.167. The first-order chi connectivity index (χ1) is 12.8. The molecule has 0 aliphatic heterocycles. The van der Waals surface area contributed by atoms with E-state index in [0.29, 0.717) is 17.0 Å². The molecule has 0 heterocycles. The maximum absolute atomic E-state index is 12.3. The quantitative estimate of drug-likeness (QED) is 0.598. The van der Waals surface area contributed by atoms with Gasteiger partial charge in [0.1, 0.15) is 5.75 Å². The normalized spacial score (nSPS) is 11.6. The number of rotatable bonds is 6. The molecular formula is C18H16F3N3O3. The van der Waals surface area contributed by atoms with Gasteiger partial charge in [0.15, 0.2) is 6.61 Å². The van der Waals surface area contributed by atoms with Gasteiger partial charge in [-0.1, -0.05) is 30.3 Å². The lowest BCUT2D eigenvalue weighted by molar-refractivity contribution is -0.167. The van der Waals surface area contributed by atoms with Crippen molar-refractivity contribution in [1.82, 2.24) is 5.43 Å². The van der Waals surface area contributed by atoms with Gasteiger partial charge in [0.05, 0.1) is 5.71 Å². The second kappa shape index (κ2) is 8.84. The molecule has 0 bridgehead atoms. The van der Waals surface area contributed by atoms with Crippen molar-refractivity contribution in [3.8, 4) is 5.75 Å². The molecule has 6 nitrogen and oxygen atoms in total. The summed E-state index contributed by atoms with van der Waals surface area (Å²) in [5, 5.41) is 5.63. The van der Waals surface area contributed by atoms with Gasteiger partial charge in [-0.2, -0.15) is 18.3 Å². The van der Waals surface area contributed by atoms with Crippen LogP contribution >= 0.6 is 0 Å². The summed E-state index contributed by atoms with van der Waals surface area (Å²) < 4.78 is 42.2. The van der Waals surface area contributed by atoms with Gasteiger partial charge in [0, 0.05) is 5.69 Å². The monoisotopic (exact) mass is 379 g/mol. The number of nitrogens with zero attached hydrogens (tertiary/aromatic N) is 1. The van der Waals surface area contributed by atoms with Crippen molar-refractivity contribution in [2.45, 2.75) is 13.1 Å². The van der Waals surface area contributed by atoms with E-state index in [9.17, 15) is 22.8 Å². The number of para-hydroxylation sites is 1. The van der Waals surface area contributed by atoms with Crippen molar-refractivity contribution in [3.63, 3.8) is 0 Å². The van der Waals surface area contributed by atoms with Gasteiger partial charge < -0.3 is 10.1 Å². The molecule has 0 unspecified atom stereocenters. The molecule has 0 atom stereocenters. The van der Waals surface area contributed by atoms with E-state index in [1.54, 1.807) is 42.6 Å². The average Bonchev–Trinajstić information content (AvgIpc) is 2.64. The van der Waals surface area contributed by atoms with E-state index in [1.807, 2.05) is 6.07 Å². The number of hydrogen-bond donors (Lipinski definition) is 2. The van der Waals surface area contributed by atoms with E-state index >= 15 is 0 Å². The van der Waals surface area contributed by atoms with Crippen molar-refractivity contribution in [3.05, 3.63) is 60.2 Å². The number of benzene rings is 2. The predicted molar refractivity (Wildman–Crippen MR) is 93.4 cm³/mol. The maximum Gasteiger partial charge on any atom is 0.471 e. The molecule has 0 spiro atoms. The van der Waals surface area contributed by atoms with Crippen LogP contribution in [0.25, 0.3) is 0 Å². The lowest BCUT2D eigenvalue weighted by Crippen LogP contribution is -2.30. The zero-order valence-electron chi connectivity index (χ0n) is 14.2. The molecule has 0 fully saturated rings. The molecule has 0 saturated heterocycles. The van der Waals surface area contributed by atoms with Crippen LogP contribution in [-0.2, 0) is 9.59 Å². The number of carbonyl (C=O) groups is 2. The van der Waals surface area contributed by atoms with E-state index in [2.05, 4.69) is 10.5 Å². The topological polar surface area (TPSA) is 79.8 Å². The first kappa shape index (κ1) is 20.0. The first-order valence-electron chi connectivity index (χ1n) is 7.75. The predicted octanol–water partition coefficient (Wildman–Crippen LogP) is 3.11. The smallest absolute Gasteiger partial charge is 0.471 e. The van der Waals surface area contributed by atoms with Gasteiger partial charge >= 0.3 is 12.1 Å². The van der Waals surface area contributed by atoms with E-state index in [4.69, 9.17) is 4.74 Å². The summed E-state index contributed by atoms with van der Waals surface area (Å²) >= 11 is 0. The van der Waals surface area contributed by atoms with Crippen LogP contribution in [0.5, 0.6) is 5.75 Å². The summed E-state index contributed by atoms with van der Waals surface area (Å²) in [6, 6.07) is 14.4. The Morgan fingerprint density at radius 1 is 1.07 bits per heavy atom. The molecule has 142 valence electrons. The number of nitrogens with one attached hydrogen (secondary N) is 2. The standard InChI is InChI=1S/C18H16F3N3O3/c1-12(23-24-16(25)11-27-15-8-3-2-4-9-15)13-6-5-7-14(10-13)22-17(26)18(19,20)21/h2-10H,11H2,1H3,(H,22,26)(H,24,25). The van der Waals surface area contributed by atoms with Crippen LogP contribution in [0, 0.1) is 0 Å². The van der Waals surface area contributed by atoms with E-state index in [-0.39, 0.29) is 12.3 Å². The molecule has 2 aromatic rings. The molecule has 0 saturated carbocycles. The second-order valence-electron chi connectivity index (χ2n) is 5.37. The summed E-state index contributed by atoms with van der Waals surface area (Å²) in [6.45, 7) is 1.31. The van der Waals surface area contributed by atoms with Crippen molar-refractivity contribution < 1.29 is 27.5 Å². The SMILES string of the molecule is CC(=NNC(=O)COc1ccccc1)c1cccc(NC(=O)C(F)(F)F)c1. The number of anilines is 1. The first-order valence-corrected chi connectivity index (χ1v) is 7.75. The number of hydrazone groups is 1. The van der Waals surface area contributed by atoms with Gasteiger partial charge in [0.25, 0.3) is 5.91 Å². The molecule has 27 heavy (non-hydrogen) atoms. The van der Waals surface area contributed by atoms with Crippen molar-refractivity contribution in [2.75, 3.05) is 11.9 Å². The summed E-state index contributed by atoms with van der Waals surface area (Å²) in [7, 11) is 0. The zero-order chi connectivity index (χ0) is 19.9. The summed E-state index contributed by atoms with van der Waals surface area (Å²) in [6.07, 6.45) is -4.98. The minimum Gasteiger partial charge on any atom is -0.484 e. The van der Waals surface area contributed by atoms with Gasteiger partial charge in [-0.3, -0.25) is 9.59 Å². The number of amides is 2. The molecule has 0 radical (unpaired) electrons. The Labute approximate surface area is 153 Å². The Morgan fingerprint density at radius 3 is 2.44 bits per heavy atom. The molecule has 0 aromatic heterocycles. The van der Waals surface area contributed by atoms with Crippen LogP contribution in [0.2, 0.25) is 0 Å². The molecule has 2 N–H and O–H groups in total. The third-order valence-electron chi connectivity index (χ3n) is 3.26. The van der Waals surface area contributed by atoms with Crippen LogP contribution in [0.3, 0.4) is 0 Å². The minimum atomic E-state index is -4.98. The molecule has 2 rings (SSSR count). The molecule has 9 heteroatoms. The van der Waals surface area contributed by atoms with Crippen LogP contribution in [0.4, 0.5) is 18.9 Å². The van der Waals surface area contributed by atoms with Gasteiger partial charge in [-0.15, -0.1) is 0 Å². The third-order valence-corrected chi connectivity index (χ3v) is 3.26. The highest BCUT2D eigenvalue weighted by Crippen LogP contribution is 2.19. The Balaban J connectivity index is 1.94. The van der Waals surface area contributed by atoms with Crippen LogP contribution in [-0.4, -0.2) is 30.3 Å². The Morgan fingerprint density at radius 2 is 1.78 bits per heavy atom. The van der Waals surface area contributed by atoms with Gasteiger partial charge in [0.2, 0.25) is 0 Å². The number of hydrogen-bond acceptors (Lipinski definition) is 4. The Bertz CT molecular complexity index is 836. The van der Waals surface area contributed by atoms with Crippen molar-refractivity contribution in [2.24, 2.45) is 5.10 Å². The van der Waals surface area contributed by atoms with Gasteiger partial charge in [-0.05, 0) is 36.8 Å². The summed E-state index contributed by atoms with van der Waals surface area (Å²) in [5.41, 5.74) is 3.02. The zero-order valence-corrected chi connectivity index (χ0v) is 14.2. The van der Waals surface area contributed by atoms with Crippen LogP contribution in [0.1, 0.15) is 12.5 Å². The highest BCUT2D eigenvalue weighted by atomic mass is 19.4. The number of alkyl halides is 3. The molecular weight excluding hydrogens is 363 g/mol. The average molecular weight is 379 g/mol. The summed E-state index contributed by atoms with van der Waals surface area (Å²) in [5.74, 6) is -2.04. The fourth-order valence-corrected chi connectivity index (χ4v) is 1.93. The number of ether oxygens (including phenoxy) is 1. The molecule has 0 aliphatic carbocycles. The van der Waals surface area contributed by atoms with Crippen molar-refractivity contribution in [1.29, 1.82) is 0 Å². The van der Waals surface area contributed by atoms with Crippen LogP contribution < -0.4 is 15.5 Å². The van der Waals surface area contributed by atoms with E-state index in [0.717, 1.165) is 0 Å². The molecule has 2 aromatic carbocycles. The molecule has 0 aliphatic rings. The Kier molecular flexibility index (Phi) is 6.53. The maximum atomic E-state index is 12.3. The fourth-order valence-electron chi connectivity index (χ4n) is 1.93. The van der Waals surface area contributed by atoms with E-state index < -0.39 is 18.0 Å². The number of halogens is 3. The van der Waals surface area contributed by atoms with Crippen LogP contribution in [0.15, 0.2) is 59.7 Å². The largest absolute Gasteiger partial charge is 0.484 e. The lowest BCUT2D eigenvalue weighted by atomic mass is 10.1.